The topological polar surface area (TPSA) is 72.2 Å². The number of sulfonamides is 1. The van der Waals surface area contributed by atoms with Crippen LogP contribution in [0.1, 0.15) is 32.6 Å². The summed E-state index contributed by atoms with van der Waals surface area (Å²) in [5, 5.41) is 0. The maximum Gasteiger partial charge on any atom is 0.213 e. The molecule has 0 heterocycles. The molecule has 0 aromatic heterocycles. The molecule has 1 rings (SSSR count). The van der Waals surface area contributed by atoms with Gasteiger partial charge in [-0.1, -0.05) is 6.92 Å². The normalized spacial score (nSPS) is 21.1. The van der Waals surface area contributed by atoms with Crippen molar-refractivity contribution in [2.45, 2.75) is 38.1 Å². The van der Waals surface area contributed by atoms with Gasteiger partial charge in [-0.3, -0.25) is 0 Å². The molecule has 78 valence electrons. The minimum Gasteiger partial charge on any atom is -0.329 e. The minimum absolute atomic E-state index is 0.0365. The number of hydrogen-bond acceptors (Lipinski definition) is 3. The molecule has 0 aliphatic heterocycles. The van der Waals surface area contributed by atoms with E-state index in [0.717, 1.165) is 25.7 Å². The van der Waals surface area contributed by atoms with Crippen LogP contribution in [0, 0.1) is 0 Å². The molecule has 1 aliphatic carbocycles. The van der Waals surface area contributed by atoms with E-state index in [1.54, 1.807) is 0 Å². The number of nitrogens with two attached hydrogens (primary N) is 1. The van der Waals surface area contributed by atoms with Crippen LogP contribution in [0.5, 0.6) is 0 Å². The standard InChI is InChI=1S/C8H18N2O2S/c1-2-8(4-3-5-8)10-13(11,12)7-6-9/h10H,2-7,9H2,1H3. The Bertz CT molecular complexity index is 252. The monoisotopic (exact) mass is 206 g/mol. The van der Waals surface area contributed by atoms with E-state index in [1.807, 2.05) is 6.92 Å². The summed E-state index contributed by atoms with van der Waals surface area (Å²) in [6.45, 7) is 2.21. The van der Waals surface area contributed by atoms with Gasteiger partial charge in [0, 0.05) is 12.1 Å². The Labute approximate surface area is 79.9 Å². The van der Waals surface area contributed by atoms with Gasteiger partial charge in [-0.15, -0.1) is 0 Å². The summed E-state index contributed by atoms with van der Waals surface area (Å²) in [6.07, 6.45) is 3.93. The van der Waals surface area contributed by atoms with E-state index >= 15 is 0 Å². The Balaban J connectivity index is 2.56. The third kappa shape index (κ3) is 2.65. The van der Waals surface area contributed by atoms with Gasteiger partial charge in [0.25, 0.3) is 0 Å². The molecular weight excluding hydrogens is 188 g/mol. The second-order valence-corrected chi connectivity index (χ2v) is 5.54. The van der Waals surface area contributed by atoms with Crippen LogP contribution in [-0.4, -0.2) is 26.3 Å². The highest BCUT2D eigenvalue weighted by Gasteiger charge is 2.38. The highest BCUT2D eigenvalue weighted by Crippen LogP contribution is 2.35. The molecule has 0 aromatic carbocycles. The summed E-state index contributed by atoms with van der Waals surface area (Å²) in [5.41, 5.74) is 5.07. The van der Waals surface area contributed by atoms with Crippen molar-refractivity contribution in [1.29, 1.82) is 0 Å². The first-order chi connectivity index (χ1) is 6.04. The van der Waals surface area contributed by atoms with Gasteiger partial charge < -0.3 is 5.73 Å². The van der Waals surface area contributed by atoms with E-state index in [1.165, 1.54) is 0 Å². The lowest BCUT2D eigenvalue weighted by atomic mass is 9.76. The molecule has 0 radical (unpaired) electrons. The highest BCUT2D eigenvalue weighted by atomic mass is 32.2. The first-order valence-electron chi connectivity index (χ1n) is 4.75. The predicted molar refractivity (Wildman–Crippen MR) is 52.8 cm³/mol. The van der Waals surface area contributed by atoms with E-state index in [0.29, 0.717) is 0 Å². The van der Waals surface area contributed by atoms with Gasteiger partial charge in [0.2, 0.25) is 10.0 Å². The maximum atomic E-state index is 11.4. The third-order valence-corrected chi connectivity index (χ3v) is 4.26. The summed E-state index contributed by atoms with van der Waals surface area (Å²) in [5.74, 6) is 0.0365. The largest absolute Gasteiger partial charge is 0.329 e. The maximum absolute atomic E-state index is 11.4. The lowest BCUT2D eigenvalue weighted by Crippen LogP contribution is -2.53. The summed E-state index contributed by atoms with van der Waals surface area (Å²) < 4.78 is 25.6. The van der Waals surface area contributed by atoms with Crippen molar-refractivity contribution in [3.63, 3.8) is 0 Å². The van der Waals surface area contributed by atoms with Gasteiger partial charge >= 0.3 is 0 Å². The Morgan fingerprint density at radius 3 is 2.38 bits per heavy atom. The molecule has 0 unspecified atom stereocenters. The molecule has 1 saturated carbocycles. The SMILES string of the molecule is CCC1(NS(=O)(=O)CCN)CCC1. The van der Waals surface area contributed by atoms with Crippen molar-refractivity contribution >= 4 is 10.0 Å². The molecule has 0 spiro atoms. The number of rotatable bonds is 5. The van der Waals surface area contributed by atoms with Gasteiger partial charge in [0.15, 0.2) is 0 Å². The zero-order valence-electron chi connectivity index (χ0n) is 8.04. The van der Waals surface area contributed by atoms with E-state index in [-0.39, 0.29) is 17.8 Å². The molecule has 0 saturated heterocycles. The van der Waals surface area contributed by atoms with E-state index < -0.39 is 10.0 Å². The molecule has 5 heteroatoms. The lowest BCUT2D eigenvalue weighted by Gasteiger charge is -2.41. The second kappa shape index (κ2) is 3.94. The molecule has 1 aliphatic rings. The molecule has 0 atom stereocenters. The van der Waals surface area contributed by atoms with Crippen molar-refractivity contribution < 1.29 is 8.42 Å². The second-order valence-electron chi connectivity index (χ2n) is 3.70. The summed E-state index contributed by atoms with van der Waals surface area (Å²) >= 11 is 0. The van der Waals surface area contributed by atoms with E-state index in [9.17, 15) is 8.42 Å². The fourth-order valence-electron chi connectivity index (χ4n) is 1.67. The summed E-state index contributed by atoms with van der Waals surface area (Å²) in [4.78, 5) is 0. The smallest absolute Gasteiger partial charge is 0.213 e. The Hall–Kier alpha value is -0.130. The van der Waals surface area contributed by atoms with Crippen LogP contribution in [0.3, 0.4) is 0 Å². The van der Waals surface area contributed by atoms with Crippen LogP contribution in [0.2, 0.25) is 0 Å². The molecule has 0 amide bonds. The number of nitrogens with one attached hydrogen (secondary N) is 1. The van der Waals surface area contributed by atoms with Gasteiger partial charge in [0.05, 0.1) is 5.75 Å². The van der Waals surface area contributed by atoms with Crippen molar-refractivity contribution in [2.75, 3.05) is 12.3 Å². The van der Waals surface area contributed by atoms with Gasteiger partial charge in [-0.05, 0) is 25.7 Å². The summed E-state index contributed by atoms with van der Waals surface area (Å²) in [6, 6.07) is 0. The quantitative estimate of drug-likeness (QED) is 0.675. The Morgan fingerprint density at radius 2 is 2.08 bits per heavy atom. The molecule has 0 aromatic rings. The molecule has 4 nitrogen and oxygen atoms in total. The van der Waals surface area contributed by atoms with Crippen LogP contribution in [-0.2, 0) is 10.0 Å². The predicted octanol–water partition coefficient (Wildman–Crippen LogP) is 0.197. The molecule has 3 N–H and O–H groups in total. The van der Waals surface area contributed by atoms with Gasteiger partial charge in [-0.25, -0.2) is 13.1 Å². The fraction of sp³-hybridized carbons (Fsp3) is 1.00. The van der Waals surface area contributed by atoms with Gasteiger partial charge in [-0.2, -0.15) is 0 Å². The Kier molecular flexibility index (Phi) is 3.32. The third-order valence-electron chi connectivity index (χ3n) is 2.75. The van der Waals surface area contributed by atoms with Crippen LogP contribution in [0.25, 0.3) is 0 Å². The zero-order valence-corrected chi connectivity index (χ0v) is 8.86. The van der Waals surface area contributed by atoms with Crippen LogP contribution in [0.15, 0.2) is 0 Å². The number of hydrogen-bond donors (Lipinski definition) is 2. The summed E-state index contributed by atoms with van der Waals surface area (Å²) in [7, 11) is -3.14. The fourth-order valence-corrected chi connectivity index (χ4v) is 3.09. The highest BCUT2D eigenvalue weighted by molar-refractivity contribution is 7.89. The van der Waals surface area contributed by atoms with E-state index in [4.69, 9.17) is 5.73 Å². The van der Waals surface area contributed by atoms with Crippen molar-refractivity contribution in [3.05, 3.63) is 0 Å². The Morgan fingerprint density at radius 1 is 1.46 bits per heavy atom. The molecule has 0 bridgehead atoms. The first-order valence-corrected chi connectivity index (χ1v) is 6.40. The van der Waals surface area contributed by atoms with E-state index in [2.05, 4.69) is 4.72 Å². The van der Waals surface area contributed by atoms with Crippen LogP contribution in [0.4, 0.5) is 0 Å². The lowest BCUT2D eigenvalue weighted by molar-refractivity contribution is 0.214. The zero-order chi connectivity index (χ0) is 9.95. The average Bonchev–Trinajstić information content (AvgIpc) is 1.97. The van der Waals surface area contributed by atoms with Crippen LogP contribution < -0.4 is 10.5 Å². The van der Waals surface area contributed by atoms with Crippen molar-refractivity contribution in [1.82, 2.24) is 4.72 Å². The minimum atomic E-state index is -3.14. The molecular formula is C8H18N2O2S. The first kappa shape index (κ1) is 10.9. The molecule has 13 heavy (non-hydrogen) atoms. The van der Waals surface area contributed by atoms with Crippen LogP contribution >= 0.6 is 0 Å². The van der Waals surface area contributed by atoms with Gasteiger partial charge in [0.1, 0.15) is 0 Å². The van der Waals surface area contributed by atoms with Crippen molar-refractivity contribution in [2.24, 2.45) is 5.73 Å². The molecule has 1 fully saturated rings. The average molecular weight is 206 g/mol. The van der Waals surface area contributed by atoms with Crippen molar-refractivity contribution in [3.8, 4) is 0 Å².